The Kier molecular flexibility index (Phi) is 4.03. The predicted octanol–water partition coefficient (Wildman–Crippen LogP) is 0.680. The summed E-state index contributed by atoms with van der Waals surface area (Å²) in [4.78, 5) is 0.153. The first kappa shape index (κ1) is 16.2. The molecule has 0 saturated carbocycles. The molecule has 0 amide bonds. The van der Waals surface area contributed by atoms with E-state index in [4.69, 9.17) is 0 Å². The van der Waals surface area contributed by atoms with Crippen LogP contribution in [0.1, 0.15) is 6.92 Å². The molecule has 0 atom stereocenters. The van der Waals surface area contributed by atoms with E-state index >= 15 is 0 Å². The zero-order valence-electron chi connectivity index (χ0n) is 12.5. The number of sulfone groups is 1. The van der Waals surface area contributed by atoms with Crippen LogP contribution in [-0.2, 0) is 19.9 Å². The highest BCUT2D eigenvalue weighted by molar-refractivity contribution is 7.92. The van der Waals surface area contributed by atoms with Gasteiger partial charge in [0, 0.05) is 31.2 Å². The topological polar surface area (TPSA) is 89.3 Å². The average molecular weight is 355 g/mol. The molecule has 0 unspecified atom stereocenters. The zero-order chi connectivity index (χ0) is 16.7. The van der Waals surface area contributed by atoms with Crippen molar-refractivity contribution in [3.63, 3.8) is 0 Å². The van der Waals surface area contributed by atoms with Crippen molar-refractivity contribution < 1.29 is 16.8 Å². The van der Waals surface area contributed by atoms with Crippen LogP contribution >= 0.6 is 0 Å². The van der Waals surface area contributed by atoms with Gasteiger partial charge in [0.15, 0.2) is 9.84 Å². The summed E-state index contributed by atoms with van der Waals surface area (Å²) in [6.07, 6.45) is 3.40. The third-order valence-corrected chi connectivity index (χ3v) is 7.93. The normalized spacial score (nSPS) is 17.1. The summed E-state index contributed by atoms with van der Waals surface area (Å²) in [5.74, 6) is 0.0319. The molecule has 1 aromatic heterocycles. The Labute approximate surface area is 135 Å². The van der Waals surface area contributed by atoms with E-state index in [0.29, 0.717) is 0 Å². The molecule has 1 fully saturated rings. The van der Waals surface area contributed by atoms with Crippen LogP contribution in [0, 0.1) is 0 Å². The van der Waals surface area contributed by atoms with Gasteiger partial charge in [-0.15, -0.1) is 0 Å². The summed E-state index contributed by atoms with van der Waals surface area (Å²) in [7, 11) is -6.84. The van der Waals surface area contributed by atoms with Crippen LogP contribution in [0.25, 0.3) is 5.69 Å². The SMILES string of the molecule is CCS(=O)(=O)C1CN(S(=O)(=O)c2ccc(-n3cccn3)cc2)C1. The molecule has 23 heavy (non-hydrogen) atoms. The molecule has 1 aliphatic rings. The standard InChI is InChI=1S/C14H17N3O4S2/c1-2-22(18,19)14-10-16(11-14)23(20,21)13-6-4-12(5-7-13)17-9-3-8-15-17/h3-9,14H,2,10-11H2,1H3. The molecule has 3 rings (SSSR count). The molecule has 2 heterocycles. The molecule has 7 nitrogen and oxygen atoms in total. The monoisotopic (exact) mass is 355 g/mol. The number of aromatic nitrogens is 2. The van der Waals surface area contributed by atoms with Gasteiger partial charge in [-0.25, -0.2) is 21.5 Å². The van der Waals surface area contributed by atoms with Crippen LogP contribution in [0.5, 0.6) is 0 Å². The molecule has 1 aliphatic heterocycles. The molecule has 9 heteroatoms. The third kappa shape index (κ3) is 2.91. The smallest absolute Gasteiger partial charge is 0.241 e. The molecule has 124 valence electrons. The summed E-state index contributed by atoms with van der Waals surface area (Å²) in [6, 6.07) is 8.13. The van der Waals surface area contributed by atoms with Crippen molar-refractivity contribution in [2.24, 2.45) is 0 Å². The number of sulfonamides is 1. The van der Waals surface area contributed by atoms with Gasteiger partial charge >= 0.3 is 0 Å². The van der Waals surface area contributed by atoms with Crippen molar-refractivity contribution in [2.45, 2.75) is 17.1 Å². The number of rotatable bonds is 5. The van der Waals surface area contributed by atoms with Gasteiger partial charge in [-0.2, -0.15) is 9.40 Å². The van der Waals surface area contributed by atoms with Crippen molar-refractivity contribution in [1.82, 2.24) is 14.1 Å². The lowest BCUT2D eigenvalue weighted by atomic mass is 10.3. The second-order valence-electron chi connectivity index (χ2n) is 5.34. The fourth-order valence-corrected chi connectivity index (χ4v) is 5.41. The number of nitrogens with zero attached hydrogens (tertiary/aromatic N) is 3. The van der Waals surface area contributed by atoms with E-state index in [0.717, 1.165) is 5.69 Å². The molecule has 0 aliphatic carbocycles. The van der Waals surface area contributed by atoms with E-state index in [2.05, 4.69) is 5.10 Å². The van der Waals surface area contributed by atoms with E-state index in [1.165, 1.54) is 16.4 Å². The van der Waals surface area contributed by atoms with E-state index in [9.17, 15) is 16.8 Å². The van der Waals surface area contributed by atoms with Crippen LogP contribution < -0.4 is 0 Å². The van der Waals surface area contributed by atoms with E-state index < -0.39 is 25.1 Å². The van der Waals surface area contributed by atoms with E-state index in [1.807, 2.05) is 0 Å². The Balaban J connectivity index is 1.77. The van der Waals surface area contributed by atoms with Gasteiger partial charge in [0.05, 0.1) is 15.8 Å². The molecule has 0 spiro atoms. The molecule has 0 bridgehead atoms. The van der Waals surface area contributed by atoms with Crippen LogP contribution in [0.15, 0.2) is 47.6 Å². The predicted molar refractivity (Wildman–Crippen MR) is 85.6 cm³/mol. The minimum atomic E-state index is -3.65. The number of hydrogen-bond acceptors (Lipinski definition) is 5. The zero-order valence-corrected chi connectivity index (χ0v) is 14.2. The molecule has 0 radical (unpaired) electrons. The Morgan fingerprint density at radius 2 is 1.78 bits per heavy atom. The maximum atomic E-state index is 12.5. The molecule has 0 N–H and O–H groups in total. The van der Waals surface area contributed by atoms with Crippen molar-refractivity contribution in [2.75, 3.05) is 18.8 Å². The number of benzene rings is 1. The maximum absolute atomic E-state index is 12.5. The van der Waals surface area contributed by atoms with Crippen molar-refractivity contribution in [3.8, 4) is 5.69 Å². The van der Waals surface area contributed by atoms with Crippen molar-refractivity contribution in [1.29, 1.82) is 0 Å². The van der Waals surface area contributed by atoms with Crippen molar-refractivity contribution in [3.05, 3.63) is 42.7 Å². The van der Waals surface area contributed by atoms with Gasteiger partial charge in [0.2, 0.25) is 10.0 Å². The summed E-state index contributed by atoms with van der Waals surface area (Å²) in [5, 5.41) is 3.49. The van der Waals surface area contributed by atoms with Gasteiger partial charge < -0.3 is 0 Å². The van der Waals surface area contributed by atoms with Gasteiger partial charge in [-0.05, 0) is 30.3 Å². The van der Waals surface area contributed by atoms with Crippen LogP contribution in [0.3, 0.4) is 0 Å². The van der Waals surface area contributed by atoms with Gasteiger partial charge in [0.25, 0.3) is 0 Å². The van der Waals surface area contributed by atoms with E-state index in [1.54, 1.807) is 42.2 Å². The molecule has 1 aromatic carbocycles. The van der Waals surface area contributed by atoms with E-state index in [-0.39, 0.29) is 23.7 Å². The van der Waals surface area contributed by atoms with Gasteiger partial charge in [-0.3, -0.25) is 0 Å². The summed E-state index contributed by atoms with van der Waals surface area (Å²) in [5.41, 5.74) is 0.754. The lowest BCUT2D eigenvalue weighted by molar-refractivity contribution is 0.310. The van der Waals surface area contributed by atoms with Gasteiger partial charge in [-0.1, -0.05) is 6.92 Å². The highest BCUT2D eigenvalue weighted by atomic mass is 32.2. The van der Waals surface area contributed by atoms with Crippen LogP contribution in [0.2, 0.25) is 0 Å². The lowest BCUT2D eigenvalue weighted by Crippen LogP contribution is -2.57. The Morgan fingerprint density at radius 3 is 2.30 bits per heavy atom. The maximum Gasteiger partial charge on any atom is 0.243 e. The minimum absolute atomic E-state index is 0.0272. The molecular weight excluding hydrogens is 338 g/mol. The molecule has 2 aromatic rings. The Morgan fingerprint density at radius 1 is 1.13 bits per heavy atom. The first-order valence-corrected chi connectivity index (χ1v) is 10.3. The second-order valence-corrected chi connectivity index (χ2v) is 9.85. The Bertz CT molecular complexity index is 882. The van der Waals surface area contributed by atoms with Crippen LogP contribution in [-0.4, -0.2) is 55.0 Å². The fourth-order valence-electron chi connectivity index (χ4n) is 2.40. The van der Waals surface area contributed by atoms with Gasteiger partial charge in [0.1, 0.15) is 0 Å². The lowest BCUT2D eigenvalue weighted by Gasteiger charge is -2.37. The summed E-state index contributed by atoms with van der Waals surface area (Å²) < 4.78 is 51.3. The largest absolute Gasteiger partial charge is 0.243 e. The fraction of sp³-hybridized carbons (Fsp3) is 0.357. The highest BCUT2D eigenvalue weighted by Gasteiger charge is 2.42. The highest BCUT2D eigenvalue weighted by Crippen LogP contribution is 2.26. The first-order chi connectivity index (χ1) is 10.8. The van der Waals surface area contributed by atoms with Crippen LogP contribution in [0.4, 0.5) is 0 Å². The molecular formula is C14H17N3O4S2. The second kappa shape index (κ2) is 5.73. The summed E-state index contributed by atoms with van der Waals surface area (Å²) in [6.45, 7) is 1.62. The average Bonchev–Trinajstić information content (AvgIpc) is 2.99. The number of hydrogen-bond donors (Lipinski definition) is 0. The van der Waals surface area contributed by atoms with Crippen molar-refractivity contribution >= 4 is 19.9 Å². The minimum Gasteiger partial charge on any atom is -0.241 e. The quantitative estimate of drug-likeness (QED) is 0.787. The summed E-state index contributed by atoms with van der Waals surface area (Å²) >= 11 is 0. The first-order valence-electron chi connectivity index (χ1n) is 7.16. The molecule has 1 saturated heterocycles. The third-order valence-electron chi connectivity index (χ3n) is 3.97. The Hall–Kier alpha value is -1.71.